The van der Waals surface area contributed by atoms with Gasteiger partial charge in [0, 0.05) is 12.5 Å². The van der Waals surface area contributed by atoms with Gasteiger partial charge in [0.1, 0.15) is 6.61 Å². The summed E-state index contributed by atoms with van der Waals surface area (Å²) in [6.07, 6.45) is -2.92. The highest BCUT2D eigenvalue weighted by molar-refractivity contribution is 5.80. The van der Waals surface area contributed by atoms with E-state index in [0.29, 0.717) is 19.3 Å². The van der Waals surface area contributed by atoms with Crippen LogP contribution in [0.4, 0.5) is 13.2 Å². The molecule has 0 heterocycles. The third-order valence-corrected chi connectivity index (χ3v) is 3.52. The van der Waals surface area contributed by atoms with Crippen LogP contribution in [0.5, 0.6) is 0 Å². The molecule has 0 bridgehead atoms. The average Bonchev–Trinajstić information content (AvgIpc) is 2.67. The van der Waals surface area contributed by atoms with Gasteiger partial charge in [-0.3, -0.25) is 9.59 Å². The van der Waals surface area contributed by atoms with Gasteiger partial charge in [-0.15, -0.1) is 0 Å². The highest BCUT2D eigenvalue weighted by Crippen LogP contribution is 2.38. The van der Waals surface area contributed by atoms with Crippen molar-refractivity contribution in [3.05, 3.63) is 0 Å². The molecule has 0 aromatic heterocycles. The minimum atomic E-state index is -4.41. The van der Waals surface area contributed by atoms with Crippen LogP contribution >= 0.6 is 0 Å². The fourth-order valence-corrected chi connectivity index (χ4v) is 2.27. The number of hydrogen-bond acceptors (Lipinski definition) is 3. The Bertz CT molecular complexity index is 372. The number of rotatable bonds is 6. The van der Waals surface area contributed by atoms with Crippen LogP contribution in [-0.2, 0) is 14.3 Å². The minimum Gasteiger partial charge on any atom is -0.481 e. The van der Waals surface area contributed by atoms with Gasteiger partial charge in [-0.1, -0.05) is 6.42 Å². The predicted molar refractivity (Wildman–Crippen MR) is 63.0 cm³/mol. The number of alkyl halides is 3. The summed E-state index contributed by atoms with van der Waals surface area (Å²) in [5.74, 6) is -1.47. The molecule has 1 saturated carbocycles. The van der Waals surface area contributed by atoms with E-state index >= 15 is 0 Å². The Labute approximate surface area is 114 Å². The van der Waals surface area contributed by atoms with Crippen LogP contribution in [-0.4, -0.2) is 42.4 Å². The lowest BCUT2D eigenvalue weighted by Gasteiger charge is -2.27. The van der Waals surface area contributed by atoms with E-state index in [1.54, 1.807) is 6.92 Å². The lowest BCUT2D eigenvalue weighted by Crippen LogP contribution is -2.47. The zero-order valence-corrected chi connectivity index (χ0v) is 11.1. The topological polar surface area (TPSA) is 75.6 Å². The molecule has 8 heteroatoms. The lowest BCUT2D eigenvalue weighted by molar-refractivity contribution is -0.174. The number of ether oxygens (including phenoxy) is 1. The van der Waals surface area contributed by atoms with E-state index in [1.165, 1.54) is 0 Å². The Balaban J connectivity index is 2.34. The molecule has 2 N–H and O–H groups in total. The number of carbonyl (C=O) groups is 2. The second kappa shape index (κ2) is 6.43. The van der Waals surface area contributed by atoms with Gasteiger partial charge < -0.3 is 15.2 Å². The molecule has 0 aliphatic heterocycles. The van der Waals surface area contributed by atoms with E-state index in [-0.39, 0.29) is 13.0 Å². The van der Waals surface area contributed by atoms with Gasteiger partial charge in [0.2, 0.25) is 5.91 Å². The normalized spacial score (nSPS) is 26.5. The Kier molecular flexibility index (Phi) is 5.38. The molecule has 20 heavy (non-hydrogen) atoms. The standard InChI is InChI=1S/C12H18F3NO4/c1-11(10(18)19)5-2-3-8(11)16-9(17)4-6-20-7-12(13,14)15/h8H,2-7H2,1H3,(H,16,17)(H,18,19). The number of hydrogen-bond donors (Lipinski definition) is 2. The smallest absolute Gasteiger partial charge is 0.411 e. The Morgan fingerprint density at radius 2 is 2.10 bits per heavy atom. The number of aliphatic carboxylic acids is 1. The molecule has 5 nitrogen and oxygen atoms in total. The Morgan fingerprint density at radius 3 is 2.65 bits per heavy atom. The molecule has 1 rings (SSSR count). The summed E-state index contributed by atoms with van der Waals surface area (Å²) in [5.41, 5.74) is -1.01. The molecule has 0 spiro atoms. The van der Waals surface area contributed by atoms with Crippen molar-refractivity contribution in [3.8, 4) is 0 Å². The van der Waals surface area contributed by atoms with Crippen LogP contribution in [0.25, 0.3) is 0 Å². The summed E-state index contributed by atoms with van der Waals surface area (Å²) < 4.78 is 39.8. The molecule has 2 unspecified atom stereocenters. The van der Waals surface area contributed by atoms with Gasteiger partial charge >= 0.3 is 12.1 Å². The fourth-order valence-electron chi connectivity index (χ4n) is 2.27. The van der Waals surface area contributed by atoms with Gasteiger partial charge in [0.05, 0.1) is 12.0 Å². The zero-order chi connectivity index (χ0) is 15.4. The van der Waals surface area contributed by atoms with Gasteiger partial charge in [-0.05, 0) is 19.8 Å². The summed E-state index contributed by atoms with van der Waals surface area (Å²) in [6.45, 7) is -0.175. The van der Waals surface area contributed by atoms with Crippen molar-refractivity contribution in [1.82, 2.24) is 5.32 Å². The second-order valence-corrected chi connectivity index (χ2v) is 5.15. The van der Waals surface area contributed by atoms with E-state index in [2.05, 4.69) is 10.1 Å². The number of nitrogens with one attached hydrogen (secondary N) is 1. The van der Waals surface area contributed by atoms with Gasteiger partial charge in [-0.2, -0.15) is 13.2 Å². The quantitative estimate of drug-likeness (QED) is 0.732. The third-order valence-electron chi connectivity index (χ3n) is 3.52. The van der Waals surface area contributed by atoms with E-state index in [0.717, 1.165) is 0 Å². The highest BCUT2D eigenvalue weighted by atomic mass is 19.4. The van der Waals surface area contributed by atoms with Crippen molar-refractivity contribution in [2.75, 3.05) is 13.2 Å². The van der Waals surface area contributed by atoms with Crippen LogP contribution in [0.15, 0.2) is 0 Å². The summed E-state index contributed by atoms with van der Waals surface area (Å²) in [7, 11) is 0. The largest absolute Gasteiger partial charge is 0.481 e. The van der Waals surface area contributed by atoms with Crippen LogP contribution in [0, 0.1) is 5.41 Å². The van der Waals surface area contributed by atoms with E-state index in [1.807, 2.05) is 0 Å². The monoisotopic (exact) mass is 297 g/mol. The number of carboxylic acids is 1. The third kappa shape index (κ3) is 4.66. The summed E-state index contributed by atoms with van der Waals surface area (Å²) >= 11 is 0. The molecular formula is C12H18F3NO4. The lowest BCUT2D eigenvalue weighted by atomic mass is 9.85. The second-order valence-electron chi connectivity index (χ2n) is 5.15. The SMILES string of the molecule is CC1(C(=O)O)CCCC1NC(=O)CCOCC(F)(F)F. The Hall–Kier alpha value is -1.31. The van der Waals surface area contributed by atoms with Crippen molar-refractivity contribution < 1.29 is 32.6 Å². The van der Waals surface area contributed by atoms with Crippen molar-refractivity contribution >= 4 is 11.9 Å². The molecule has 116 valence electrons. The molecule has 2 atom stereocenters. The van der Waals surface area contributed by atoms with Crippen molar-refractivity contribution in [2.24, 2.45) is 5.41 Å². The van der Waals surface area contributed by atoms with E-state index < -0.39 is 36.1 Å². The maximum absolute atomic E-state index is 11.8. The first kappa shape index (κ1) is 16.7. The Morgan fingerprint density at radius 1 is 1.45 bits per heavy atom. The fraction of sp³-hybridized carbons (Fsp3) is 0.833. The summed E-state index contributed by atoms with van der Waals surface area (Å²) in [6, 6.07) is -0.491. The van der Waals surface area contributed by atoms with Crippen molar-refractivity contribution in [1.29, 1.82) is 0 Å². The van der Waals surface area contributed by atoms with Crippen LogP contribution in [0.3, 0.4) is 0 Å². The zero-order valence-electron chi connectivity index (χ0n) is 11.1. The molecule has 1 fully saturated rings. The highest BCUT2D eigenvalue weighted by Gasteiger charge is 2.45. The maximum atomic E-state index is 11.8. The number of amides is 1. The first-order valence-corrected chi connectivity index (χ1v) is 6.32. The molecule has 1 aliphatic carbocycles. The molecule has 0 aromatic carbocycles. The molecule has 1 aliphatic rings. The summed E-state index contributed by atoms with van der Waals surface area (Å²) in [5, 5.41) is 11.7. The van der Waals surface area contributed by atoms with E-state index in [4.69, 9.17) is 5.11 Å². The van der Waals surface area contributed by atoms with Gasteiger partial charge in [0.25, 0.3) is 0 Å². The average molecular weight is 297 g/mol. The number of carboxylic acid groups (broad SMARTS) is 1. The molecule has 0 aromatic rings. The van der Waals surface area contributed by atoms with Gasteiger partial charge in [-0.25, -0.2) is 0 Å². The van der Waals surface area contributed by atoms with Crippen molar-refractivity contribution in [3.63, 3.8) is 0 Å². The molecule has 0 saturated heterocycles. The van der Waals surface area contributed by atoms with Gasteiger partial charge in [0.15, 0.2) is 0 Å². The van der Waals surface area contributed by atoms with E-state index in [9.17, 15) is 22.8 Å². The first-order chi connectivity index (χ1) is 9.15. The molecule has 1 amide bonds. The summed E-state index contributed by atoms with van der Waals surface area (Å²) in [4.78, 5) is 22.8. The minimum absolute atomic E-state index is 0.220. The van der Waals surface area contributed by atoms with Crippen LogP contribution < -0.4 is 5.32 Å². The van der Waals surface area contributed by atoms with Crippen LogP contribution in [0.1, 0.15) is 32.6 Å². The first-order valence-electron chi connectivity index (χ1n) is 6.32. The molecule has 0 radical (unpaired) electrons. The van der Waals surface area contributed by atoms with Crippen molar-refractivity contribution in [2.45, 2.75) is 44.8 Å². The predicted octanol–water partition coefficient (Wildman–Crippen LogP) is 1.71. The number of carbonyl (C=O) groups excluding carboxylic acids is 1. The maximum Gasteiger partial charge on any atom is 0.411 e. The molecular weight excluding hydrogens is 279 g/mol. The number of halogens is 3. The van der Waals surface area contributed by atoms with Crippen LogP contribution in [0.2, 0.25) is 0 Å².